The summed E-state index contributed by atoms with van der Waals surface area (Å²) in [5.74, 6) is 1.67. The lowest BCUT2D eigenvalue weighted by Gasteiger charge is -2.23. The van der Waals surface area contributed by atoms with Gasteiger partial charge in [-0.05, 0) is 11.6 Å². The van der Waals surface area contributed by atoms with E-state index in [-0.39, 0.29) is 43.1 Å². The predicted octanol–water partition coefficient (Wildman–Crippen LogP) is 1.37. The third kappa shape index (κ3) is 4.15. The van der Waals surface area contributed by atoms with E-state index in [0.717, 1.165) is 23.6 Å². The molecule has 128 valence electrons. The first kappa shape index (κ1) is 17.0. The van der Waals surface area contributed by atoms with Crippen LogP contribution in [-0.2, 0) is 20.9 Å². The van der Waals surface area contributed by atoms with Crippen molar-refractivity contribution in [2.24, 2.45) is 0 Å². The fourth-order valence-electron chi connectivity index (χ4n) is 2.93. The molecule has 6 nitrogen and oxygen atoms in total. The van der Waals surface area contributed by atoms with Crippen LogP contribution in [0.2, 0.25) is 0 Å². The second-order valence-electron chi connectivity index (χ2n) is 6.01. The fourth-order valence-corrected chi connectivity index (χ4v) is 3.87. The molecule has 1 unspecified atom stereocenters. The second-order valence-corrected chi connectivity index (χ2v) is 7.16. The summed E-state index contributed by atoms with van der Waals surface area (Å²) < 4.78 is 0. The quantitative estimate of drug-likeness (QED) is 0.787. The van der Waals surface area contributed by atoms with Crippen LogP contribution in [0, 0.1) is 0 Å². The third-order valence-electron chi connectivity index (χ3n) is 4.20. The monoisotopic (exact) mass is 347 g/mol. The molecule has 0 aromatic heterocycles. The Morgan fingerprint density at radius 3 is 2.71 bits per heavy atom. The number of imide groups is 1. The number of carbonyl (C=O) groups excluding carboxylic acids is 3. The number of hydrogen-bond donors (Lipinski definition) is 2. The molecule has 7 heteroatoms. The van der Waals surface area contributed by atoms with Crippen LogP contribution < -0.4 is 10.6 Å². The number of likely N-dealkylation sites (tertiary alicyclic amines) is 1. The highest BCUT2D eigenvalue weighted by Crippen LogP contribution is 2.22. The molecule has 2 N–H and O–H groups in total. The molecule has 0 aliphatic carbocycles. The lowest BCUT2D eigenvalue weighted by Crippen LogP contribution is -2.40. The summed E-state index contributed by atoms with van der Waals surface area (Å²) in [6.45, 7) is 1.14. The molecular formula is C17H21N3O3S. The molecule has 0 saturated carbocycles. The number of hydrogen-bond acceptors (Lipinski definition) is 5. The van der Waals surface area contributed by atoms with Crippen molar-refractivity contribution in [3.8, 4) is 0 Å². The van der Waals surface area contributed by atoms with E-state index in [0.29, 0.717) is 12.1 Å². The Labute approximate surface area is 145 Å². The normalized spacial score (nSPS) is 21.2. The van der Waals surface area contributed by atoms with Crippen molar-refractivity contribution in [3.63, 3.8) is 0 Å². The van der Waals surface area contributed by atoms with Crippen LogP contribution in [0.15, 0.2) is 24.3 Å². The van der Waals surface area contributed by atoms with E-state index in [1.54, 1.807) is 6.07 Å². The molecule has 3 amide bonds. The van der Waals surface area contributed by atoms with E-state index in [2.05, 4.69) is 10.6 Å². The van der Waals surface area contributed by atoms with E-state index in [9.17, 15) is 14.4 Å². The maximum absolute atomic E-state index is 12.3. The summed E-state index contributed by atoms with van der Waals surface area (Å²) in [6.07, 6.45) is 0.972. The highest BCUT2D eigenvalue weighted by Gasteiger charge is 2.29. The average Bonchev–Trinajstić information content (AvgIpc) is 2.89. The first-order valence-corrected chi connectivity index (χ1v) is 9.31. The number of nitrogens with one attached hydrogen (secondary N) is 2. The van der Waals surface area contributed by atoms with Gasteiger partial charge in [-0.25, -0.2) is 0 Å². The van der Waals surface area contributed by atoms with Crippen LogP contribution in [-0.4, -0.2) is 46.7 Å². The van der Waals surface area contributed by atoms with Crippen molar-refractivity contribution in [1.82, 2.24) is 10.2 Å². The largest absolute Gasteiger partial charge is 0.326 e. The molecule has 24 heavy (non-hydrogen) atoms. The standard InChI is InChI=1S/C17H21N3O3S/c21-15(9-13-11-24-8-7-18-13)19-14-4-2-1-3-12(14)10-20-16(22)5-6-17(20)23/h1-4,13,18H,5-11H2,(H,19,21). The molecule has 1 aromatic rings. The van der Waals surface area contributed by atoms with E-state index >= 15 is 0 Å². The van der Waals surface area contributed by atoms with E-state index in [4.69, 9.17) is 0 Å². The summed E-state index contributed by atoms with van der Waals surface area (Å²) in [7, 11) is 0. The maximum atomic E-state index is 12.3. The number of carbonyl (C=O) groups is 3. The van der Waals surface area contributed by atoms with Crippen molar-refractivity contribution >= 4 is 35.2 Å². The van der Waals surface area contributed by atoms with E-state index < -0.39 is 0 Å². The average molecular weight is 347 g/mol. The van der Waals surface area contributed by atoms with E-state index in [1.807, 2.05) is 30.0 Å². The summed E-state index contributed by atoms with van der Waals surface area (Å²) in [5.41, 5.74) is 1.44. The maximum Gasteiger partial charge on any atom is 0.229 e. The summed E-state index contributed by atoms with van der Waals surface area (Å²) in [6, 6.07) is 7.51. The van der Waals surface area contributed by atoms with Crippen LogP contribution in [0.4, 0.5) is 5.69 Å². The minimum Gasteiger partial charge on any atom is -0.326 e. The van der Waals surface area contributed by atoms with Crippen molar-refractivity contribution in [1.29, 1.82) is 0 Å². The highest BCUT2D eigenvalue weighted by atomic mass is 32.2. The predicted molar refractivity (Wildman–Crippen MR) is 93.6 cm³/mol. The molecule has 1 aromatic carbocycles. The number of benzene rings is 1. The highest BCUT2D eigenvalue weighted by molar-refractivity contribution is 7.99. The van der Waals surface area contributed by atoms with Gasteiger partial charge in [-0.1, -0.05) is 18.2 Å². The van der Waals surface area contributed by atoms with Crippen LogP contribution in [0.25, 0.3) is 0 Å². The zero-order valence-corrected chi connectivity index (χ0v) is 14.2. The Morgan fingerprint density at radius 1 is 1.25 bits per heavy atom. The van der Waals surface area contributed by atoms with Gasteiger partial charge < -0.3 is 10.6 Å². The molecule has 2 fully saturated rings. The van der Waals surface area contributed by atoms with Crippen LogP contribution >= 0.6 is 11.8 Å². The lowest BCUT2D eigenvalue weighted by molar-refractivity contribution is -0.139. The van der Waals surface area contributed by atoms with Crippen LogP contribution in [0.3, 0.4) is 0 Å². The molecule has 2 saturated heterocycles. The molecule has 2 aliphatic heterocycles. The Balaban J connectivity index is 1.64. The number of rotatable bonds is 5. The number of nitrogens with zero attached hydrogens (tertiary/aromatic N) is 1. The van der Waals surface area contributed by atoms with Gasteiger partial charge in [-0.2, -0.15) is 11.8 Å². The van der Waals surface area contributed by atoms with Gasteiger partial charge in [-0.15, -0.1) is 0 Å². The van der Waals surface area contributed by atoms with Gasteiger partial charge in [0.15, 0.2) is 0 Å². The van der Waals surface area contributed by atoms with Gasteiger partial charge in [0.1, 0.15) is 0 Å². The van der Waals surface area contributed by atoms with Crippen molar-refractivity contribution in [3.05, 3.63) is 29.8 Å². The molecule has 2 heterocycles. The fraction of sp³-hybridized carbons (Fsp3) is 0.471. The van der Waals surface area contributed by atoms with Crippen molar-refractivity contribution < 1.29 is 14.4 Å². The molecule has 0 bridgehead atoms. The van der Waals surface area contributed by atoms with Crippen LogP contribution in [0.5, 0.6) is 0 Å². The first-order chi connectivity index (χ1) is 11.6. The second kappa shape index (κ2) is 7.81. The van der Waals surface area contributed by atoms with Gasteiger partial charge in [0.05, 0.1) is 6.54 Å². The van der Waals surface area contributed by atoms with Gasteiger partial charge in [0.2, 0.25) is 17.7 Å². The summed E-state index contributed by atoms with van der Waals surface area (Å²) >= 11 is 1.85. The number of amides is 3. The van der Waals surface area contributed by atoms with Gasteiger partial charge in [0.25, 0.3) is 0 Å². The molecule has 2 aliphatic rings. The number of anilines is 1. The lowest BCUT2D eigenvalue weighted by atomic mass is 10.1. The topological polar surface area (TPSA) is 78.5 Å². The Bertz CT molecular complexity index is 628. The summed E-state index contributed by atoms with van der Waals surface area (Å²) in [4.78, 5) is 37.1. The minimum absolute atomic E-state index is 0.0541. The number of para-hydroxylation sites is 1. The zero-order valence-electron chi connectivity index (χ0n) is 13.4. The van der Waals surface area contributed by atoms with Gasteiger partial charge >= 0.3 is 0 Å². The molecular weight excluding hydrogens is 326 g/mol. The Morgan fingerprint density at radius 2 is 2.00 bits per heavy atom. The van der Waals surface area contributed by atoms with Gasteiger partial charge in [0, 0.05) is 49.0 Å². The first-order valence-electron chi connectivity index (χ1n) is 8.15. The molecule has 3 rings (SSSR count). The smallest absolute Gasteiger partial charge is 0.229 e. The minimum atomic E-state index is -0.149. The van der Waals surface area contributed by atoms with Crippen molar-refractivity contribution in [2.45, 2.75) is 31.8 Å². The number of thioether (sulfide) groups is 1. The SMILES string of the molecule is O=C(CC1CSCCN1)Nc1ccccc1CN1C(=O)CCC1=O. The summed E-state index contributed by atoms with van der Waals surface area (Å²) in [5, 5.41) is 6.27. The Kier molecular flexibility index (Phi) is 5.52. The zero-order chi connectivity index (χ0) is 16.9. The van der Waals surface area contributed by atoms with E-state index in [1.165, 1.54) is 4.90 Å². The van der Waals surface area contributed by atoms with Crippen molar-refractivity contribution in [2.75, 3.05) is 23.4 Å². The van der Waals surface area contributed by atoms with Crippen LogP contribution in [0.1, 0.15) is 24.8 Å². The molecule has 1 atom stereocenters. The third-order valence-corrected chi connectivity index (χ3v) is 5.34. The molecule has 0 radical (unpaired) electrons. The molecule has 0 spiro atoms. The Hall–Kier alpha value is -1.86. The van der Waals surface area contributed by atoms with Gasteiger partial charge in [-0.3, -0.25) is 19.3 Å².